The van der Waals surface area contributed by atoms with Gasteiger partial charge in [0.25, 0.3) is 0 Å². The number of rotatable bonds is 2. The molecule has 0 amide bonds. The number of ketones is 1. The van der Waals surface area contributed by atoms with Crippen LogP contribution in [0.5, 0.6) is 0 Å². The van der Waals surface area contributed by atoms with Gasteiger partial charge >= 0.3 is 0 Å². The number of halogens is 1. The summed E-state index contributed by atoms with van der Waals surface area (Å²) in [6.45, 7) is 11.9. The van der Waals surface area contributed by atoms with E-state index in [1.54, 1.807) is 0 Å². The zero-order chi connectivity index (χ0) is 19.1. The zero-order valence-corrected chi connectivity index (χ0v) is 18.1. The molecule has 4 rings (SSSR count). The Kier molecular flexibility index (Phi) is 5.95. The van der Waals surface area contributed by atoms with Crippen molar-refractivity contribution in [1.29, 1.82) is 0 Å². The summed E-state index contributed by atoms with van der Waals surface area (Å²) in [4.78, 5) is 12.1. The van der Waals surface area contributed by atoms with Crippen molar-refractivity contribution in [2.24, 2.45) is 28.6 Å². The Labute approximate surface area is 165 Å². The Morgan fingerprint density at radius 3 is 2.46 bits per heavy atom. The average molecular weight is 381 g/mol. The highest BCUT2D eigenvalue weighted by atomic mass is 35.5. The number of fused-ring (bicyclic) bond motifs is 5. The Morgan fingerprint density at radius 1 is 1.04 bits per heavy atom. The molecule has 4 aliphatic carbocycles. The van der Waals surface area contributed by atoms with Gasteiger partial charge in [0.1, 0.15) is 0 Å². The van der Waals surface area contributed by atoms with Crippen LogP contribution in [0, 0.1) is 28.6 Å². The summed E-state index contributed by atoms with van der Waals surface area (Å²) < 4.78 is 6.14. The third-order valence-corrected chi connectivity index (χ3v) is 8.77. The lowest BCUT2D eigenvalue weighted by Crippen LogP contribution is -2.51. The minimum atomic E-state index is 0.166. The SMILES string of the molecule is CC.CCOC1CCC2C3CCC4=C(Cl)C(=O)CCC4(C)C3CCC12C. The lowest BCUT2D eigenvalue weighted by atomic mass is 9.47. The topological polar surface area (TPSA) is 26.3 Å². The molecule has 3 saturated carbocycles. The molecule has 6 atom stereocenters. The number of Topliss-reactive ketones (excluding diaryl/α,β-unsaturated/α-hetero) is 1. The van der Waals surface area contributed by atoms with Crippen LogP contribution < -0.4 is 0 Å². The summed E-state index contributed by atoms with van der Waals surface area (Å²) in [5.74, 6) is 2.48. The van der Waals surface area contributed by atoms with E-state index in [9.17, 15) is 4.79 Å². The van der Waals surface area contributed by atoms with Crippen LogP contribution in [0.4, 0.5) is 0 Å². The molecule has 2 nitrogen and oxygen atoms in total. The van der Waals surface area contributed by atoms with Gasteiger partial charge in [-0.3, -0.25) is 4.79 Å². The quantitative estimate of drug-likeness (QED) is 0.545. The van der Waals surface area contributed by atoms with Crippen LogP contribution >= 0.6 is 11.6 Å². The molecule has 0 heterocycles. The molecule has 0 radical (unpaired) electrons. The van der Waals surface area contributed by atoms with E-state index < -0.39 is 0 Å². The summed E-state index contributed by atoms with van der Waals surface area (Å²) >= 11 is 6.47. The second kappa shape index (κ2) is 7.59. The number of ether oxygens (including phenoxy) is 1. The third kappa shape index (κ3) is 2.91. The van der Waals surface area contributed by atoms with Crippen molar-refractivity contribution < 1.29 is 9.53 Å². The van der Waals surface area contributed by atoms with Crippen molar-refractivity contribution in [1.82, 2.24) is 0 Å². The van der Waals surface area contributed by atoms with E-state index in [1.165, 1.54) is 37.7 Å². The van der Waals surface area contributed by atoms with Crippen molar-refractivity contribution in [3.05, 3.63) is 10.6 Å². The van der Waals surface area contributed by atoms with Crippen LogP contribution in [0.3, 0.4) is 0 Å². The number of allylic oxidation sites excluding steroid dienone is 1. The fourth-order valence-corrected chi connectivity index (χ4v) is 7.48. The van der Waals surface area contributed by atoms with Crippen molar-refractivity contribution in [3.63, 3.8) is 0 Å². The van der Waals surface area contributed by atoms with E-state index in [-0.39, 0.29) is 11.2 Å². The third-order valence-electron chi connectivity index (χ3n) is 8.33. The number of hydrogen-bond donors (Lipinski definition) is 0. The van der Waals surface area contributed by atoms with E-state index in [1.807, 2.05) is 13.8 Å². The fraction of sp³-hybridized carbons (Fsp3) is 0.870. The van der Waals surface area contributed by atoms with Crippen LogP contribution in [0.1, 0.15) is 86.0 Å². The molecule has 6 unspecified atom stereocenters. The highest BCUT2D eigenvalue weighted by Crippen LogP contribution is 2.66. The highest BCUT2D eigenvalue weighted by molar-refractivity contribution is 6.43. The summed E-state index contributed by atoms with van der Waals surface area (Å²) in [7, 11) is 0. The van der Waals surface area contributed by atoms with Gasteiger partial charge in [-0.05, 0) is 86.0 Å². The standard InChI is InChI=1S/C21H31ClO2.C2H6/c1-4-24-18-8-7-14-13-5-6-16-19(22)17(23)10-12-20(16,2)15(13)9-11-21(14,18)3;1-2/h13-15,18H,4-12H2,1-3H3;1-2H3. The Morgan fingerprint density at radius 2 is 1.77 bits per heavy atom. The van der Waals surface area contributed by atoms with Crippen LogP contribution in [0.15, 0.2) is 10.6 Å². The minimum absolute atomic E-state index is 0.166. The molecule has 0 aromatic carbocycles. The van der Waals surface area contributed by atoms with Crippen molar-refractivity contribution in [2.45, 2.75) is 92.1 Å². The van der Waals surface area contributed by atoms with E-state index in [2.05, 4.69) is 20.8 Å². The first kappa shape index (κ1) is 20.4. The molecule has 0 saturated heterocycles. The normalized spacial score (nSPS) is 44.6. The Hall–Kier alpha value is -0.340. The molecule has 0 spiro atoms. The molecule has 4 aliphatic rings. The van der Waals surface area contributed by atoms with Gasteiger partial charge in [-0.25, -0.2) is 0 Å². The van der Waals surface area contributed by atoms with Gasteiger partial charge in [0.05, 0.1) is 11.1 Å². The first-order chi connectivity index (χ1) is 12.4. The highest BCUT2D eigenvalue weighted by Gasteiger charge is 2.59. The van der Waals surface area contributed by atoms with E-state index >= 15 is 0 Å². The largest absolute Gasteiger partial charge is 0.378 e. The predicted molar refractivity (Wildman–Crippen MR) is 108 cm³/mol. The van der Waals surface area contributed by atoms with E-state index in [4.69, 9.17) is 16.3 Å². The van der Waals surface area contributed by atoms with E-state index in [0.717, 1.165) is 31.3 Å². The fourth-order valence-electron chi connectivity index (χ4n) is 7.08. The molecule has 0 bridgehead atoms. The molecule has 0 aromatic rings. The second-order valence-electron chi connectivity index (χ2n) is 9.11. The number of hydrogen-bond acceptors (Lipinski definition) is 2. The maximum atomic E-state index is 12.1. The monoisotopic (exact) mass is 380 g/mol. The van der Waals surface area contributed by atoms with Crippen molar-refractivity contribution >= 4 is 17.4 Å². The molecule has 0 aliphatic heterocycles. The molecule has 26 heavy (non-hydrogen) atoms. The van der Waals surface area contributed by atoms with Crippen LogP contribution in [-0.2, 0) is 9.53 Å². The summed E-state index contributed by atoms with van der Waals surface area (Å²) in [5, 5.41) is 0.592. The Balaban J connectivity index is 0.000000948. The maximum absolute atomic E-state index is 12.1. The first-order valence-corrected chi connectivity index (χ1v) is 11.3. The summed E-state index contributed by atoms with van der Waals surface area (Å²) in [6, 6.07) is 0. The van der Waals surface area contributed by atoms with Crippen LogP contribution in [0.2, 0.25) is 0 Å². The lowest BCUT2D eigenvalue weighted by molar-refractivity contribution is -0.119. The number of carbonyl (C=O) groups is 1. The van der Waals surface area contributed by atoms with Gasteiger partial charge in [0.2, 0.25) is 0 Å². The van der Waals surface area contributed by atoms with Gasteiger partial charge < -0.3 is 4.74 Å². The zero-order valence-electron chi connectivity index (χ0n) is 17.4. The smallest absolute Gasteiger partial charge is 0.174 e. The lowest BCUT2D eigenvalue weighted by Gasteiger charge is -2.58. The Bertz CT molecular complexity index is 583. The molecule has 3 heteroatoms. The average Bonchev–Trinajstić information content (AvgIpc) is 2.97. The summed E-state index contributed by atoms with van der Waals surface area (Å²) in [5.41, 5.74) is 1.83. The number of carbonyl (C=O) groups excluding carboxylic acids is 1. The second-order valence-corrected chi connectivity index (χ2v) is 9.49. The van der Waals surface area contributed by atoms with Gasteiger partial charge in [-0.1, -0.05) is 39.3 Å². The minimum Gasteiger partial charge on any atom is -0.378 e. The molecular weight excluding hydrogens is 344 g/mol. The van der Waals surface area contributed by atoms with Crippen molar-refractivity contribution in [3.8, 4) is 0 Å². The predicted octanol–water partition coefficient (Wildman–Crippen LogP) is 6.52. The van der Waals surface area contributed by atoms with E-state index in [0.29, 0.717) is 28.9 Å². The van der Waals surface area contributed by atoms with Gasteiger partial charge in [0, 0.05) is 13.0 Å². The molecule has 0 N–H and O–H groups in total. The summed E-state index contributed by atoms with van der Waals surface area (Å²) in [6.07, 6.45) is 9.47. The first-order valence-electron chi connectivity index (χ1n) is 11.0. The van der Waals surface area contributed by atoms with Gasteiger partial charge in [-0.15, -0.1) is 0 Å². The van der Waals surface area contributed by atoms with Gasteiger partial charge in [0.15, 0.2) is 5.78 Å². The molecule has 148 valence electrons. The molecule has 3 fully saturated rings. The van der Waals surface area contributed by atoms with Crippen LogP contribution in [0.25, 0.3) is 0 Å². The maximum Gasteiger partial charge on any atom is 0.174 e. The molecule has 0 aromatic heterocycles. The van der Waals surface area contributed by atoms with Crippen LogP contribution in [-0.4, -0.2) is 18.5 Å². The molecular formula is C23H37ClO2. The van der Waals surface area contributed by atoms with Crippen molar-refractivity contribution in [2.75, 3.05) is 6.61 Å². The van der Waals surface area contributed by atoms with Gasteiger partial charge in [-0.2, -0.15) is 0 Å².